The summed E-state index contributed by atoms with van der Waals surface area (Å²) in [5.74, 6) is -1.95. The van der Waals surface area contributed by atoms with Crippen LogP contribution in [0.15, 0.2) is 24.4 Å². The average molecular weight is 302 g/mol. The molecule has 0 aliphatic heterocycles. The lowest BCUT2D eigenvalue weighted by Crippen LogP contribution is -2.01. The largest absolute Gasteiger partial charge is 0.478 e. The maximum absolute atomic E-state index is 13.9. The highest BCUT2D eigenvalue weighted by Crippen LogP contribution is 2.26. The molecule has 8 heteroatoms. The fourth-order valence-corrected chi connectivity index (χ4v) is 1.72. The predicted molar refractivity (Wildman–Crippen MR) is 68.0 cm³/mol. The van der Waals surface area contributed by atoms with Gasteiger partial charge < -0.3 is 5.11 Å². The Balaban J connectivity index is 2.60. The summed E-state index contributed by atoms with van der Waals surface area (Å²) >= 11 is 11.3. The second-order valence-electron chi connectivity index (χ2n) is 3.45. The Hall–Kier alpha value is -1.92. The molecule has 0 radical (unpaired) electrons. The number of carbonyl (C=O) groups is 1. The van der Waals surface area contributed by atoms with Crippen molar-refractivity contribution in [2.75, 3.05) is 0 Å². The minimum absolute atomic E-state index is 0.0172. The van der Waals surface area contributed by atoms with E-state index in [1.807, 2.05) is 0 Å². The average Bonchev–Trinajstić information content (AvgIpc) is 2.77. The number of rotatable bonds is 3. The normalized spacial score (nSPS) is 11.1. The first kappa shape index (κ1) is 13.5. The van der Waals surface area contributed by atoms with Crippen LogP contribution < -0.4 is 0 Å². The van der Waals surface area contributed by atoms with Crippen molar-refractivity contribution in [3.8, 4) is 5.69 Å². The molecule has 1 aromatic heterocycles. The summed E-state index contributed by atoms with van der Waals surface area (Å²) in [6.07, 6.45) is 3.26. The standard InChI is InChI=1S/C11H6Cl2FN3O2/c12-7-2-3-8(17-5-9(13)15-16-17)6(11(7)14)1-4-10(18)19/h1-5H,(H,18,19)/b4-1+. The Bertz CT molecular complexity index is 670. The van der Waals surface area contributed by atoms with Gasteiger partial charge in [0.25, 0.3) is 0 Å². The van der Waals surface area contributed by atoms with Crippen LogP contribution in [-0.4, -0.2) is 26.1 Å². The minimum atomic E-state index is -1.21. The van der Waals surface area contributed by atoms with E-state index in [1.54, 1.807) is 0 Å². The van der Waals surface area contributed by atoms with Crippen molar-refractivity contribution in [1.29, 1.82) is 0 Å². The summed E-state index contributed by atoms with van der Waals surface area (Å²) in [5.41, 5.74) is 0.260. The predicted octanol–water partition coefficient (Wildman–Crippen LogP) is 2.81. The zero-order chi connectivity index (χ0) is 14.0. The van der Waals surface area contributed by atoms with Gasteiger partial charge in [0.2, 0.25) is 0 Å². The summed E-state index contributed by atoms with van der Waals surface area (Å²) in [4.78, 5) is 10.5. The number of benzene rings is 1. The van der Waals surface area contributed by atoms with Crippen molar-refractivity contribution in [2.24, 2.45) is 0 Å². The van der Waals surface area contributed by atoms with E-state index in [9.17, 15) is 9.18 Å². The first-order chi connectivity index (χ1) is 8.99. The molecule has 0 aliphatic carbocycles. The number of hydrogen-bond acceptors (Lipinski definition) is 3. The van der Waals surface area contributed by atoms with Crippen molar-refractivity contribution in [1.82, 2.24) is 15.0 Å². The van der Waals surface area contributed by atoms with E-state index in [1.165, 1.54) is 23.0 Å². The molecule has 2 rings (SSSR count). The Labute approximate surface area is 116 Å². The molecular weight excluding hydrogens is 296 g/mol. The zero-order valence-electron chi connectivity index (χ0n) is 9.22. The number of nitrogens with zero attached hydrogens (tertiary/aromatic N) is 3. The number of carboxylic acid groups (broad SMARTS) is 1. The van der Waals surface area contributed by atoms with Gasteiger partial charge in [0.15, 0.2) is 11.0 Å². The molecule has 1 N–H and O–H groups in total. The van der Waals surface area contributed by atoms with E-state index in [0.29, 0.717) is 0 Å². The molecule has 2 aromatic rings. The molecule has 0 saturated carbocycles. The molecule has 0 amide bonds. The van der Waals surface area contributed by atoms with Crippen LogP contribution >= 0.6 is 23.2 Å². The minimum Gasteiger partial charge on any atom is -0.478 e. The van der Waals surface area contributed by atoms with E-state index >= 15 is 0 Å². The first-order valence-electron chi connectivity index (χ1n) is 4.96. The lowest BCUT2D eigenvalue weighted by molar-refractivity contribution is -0.131. The molecule has 0 saturated heterocycles. The maximum Gasteiger partial charge on any atom is 0.328 e. The van der Waals surface area contributed by atoms with Gasteiger partial charge in [0.05, 0.1) is 16.9 Å². The first-order valence-corrected chi connectivity index (χ1v) is 5.72. The third kappa shape index (κ3) is 2.91. The quantitative estimate of drug-likeness (QED) is 0.885. The van der Waals surface area contributed by atoms with Gasteiger partial charge in [-0.3, -0.25) is 0 Å². The molecule has 0 spiro atoms. The third-order valence-electron chi connectivity index (χ3n) is 2.21. The smallest absolute Gasteiger partial charge is 0.328 e. The van der Waals surface area contributed by atoms with Crippen molar-refractivity contribution in [2.45, 2.75) is 0 Å². The van der Waals surface area contributed by atoms with E-state index in [2.05, 4.69) is 10.3 Å². The summed E-state index contributed by atoms with van der Waals surface area (Å²) < 4.78 is 15.2. The van der Waals surface area contributed by atoms with E-state index < -0.39 is 11.8 Å². The van der Waals surface area contributed by atoms with E-state index in [0.717, 1.165) is 12.2 Å². The van der Waals surface area contributed by atoms with E-state index in [-0.39, 0.29) is 21.4 Å². The lowest BCUT2D eigenvalue weighted by atomic mass is 10.1. The maximum atomic E-state index is 13.9. The molecule has 0 fully saturated rings. The van der Waals surface area contributed by atoms with Crippen LogP contribution in [0.3, 0.4) is 0 Å². The van der Waals surface area contributed by atoms with Crippen LogP contribution in [0.1, 0.15) is 5.56 Å². The fourth-order valence-electron chi connectivity index (χ4n) is 1.43. The Morgan fingerprint density at radius 2 is 2.16 bits per heavy atom. The van der Waals surface area contributed by atoms with Crippen LogP contribution in [0.25, 0.3) is 11.8 Å². The van der Waals surface area contributed by atoms with Crippen molar-refractivity contribution in [3.05, 3.63) is 46.0 Å². The van der Waals surface area contributed by atoms with E-state index in [4.69, 9.17) is 28.3 Å². The highest BCUT2D eigenvalue weighted by molar-refractivity contribution is 6.31. The van der Waals surface area contributed by atoms with Crippen LogP contribution in [0, 0.1) is 5.82 Å². The Kier molecular flexibility index (Phi) is 3.82. The highest BCUT2D eigenvalue weighted by atomic mass is 35.5. The topological polar surface area (TPSA) is 68.0 Å². The number of aliphatic carboxylic acids is 1. The third-order valence-corrected chi connectivity index (χ3v) is 2.68. The lowest BCUT2D eigenvalue weighted by Gasteiger charge is -2.07. The summed E-state index contributed by atoms with van der Waals surface area (Å²) in [6.45, 7) is 0. The number of halogens is 3. The molecule has 1 heterocycles. The summed E-state index contributed by atoms with van der Waals surface area (Å²) in [7, 11) is 0. The van der Waals surface area contributed by atoms with Gasteiger partial charge >= 0.3 is 5.97 Å². The molecule has 98 valence electrons. The monoisotopic (exact) mass is 301 g/mol. The van der Waals surface area contributed by atoms with Crippen molar-refractivity contribution < 1.29 is 14.3 Å². The van der Waals surface area contributed by atoms with Gasteiger partial charge in [-0.1, -0.05) is 28.4 Å². The molecule has 0 bridgehead atoms. The van der Waals surface area contributed by atoms with Gasteiger partial charge in [-0.25, -0.2) is 13.9 Å². The van der Waals surface area contributed by atoms with Gasteiger partial charge in [-0.2, -0.15) is 0 Å². The van der Waals surface area contributed by atoms with Gasteiger partial charge in [0, 0.05) is 11.6 Å². The van der Waals surface area contributed by atoms with Crippen molar-refractivity contribution >= 4 is 35.2 Å². The van der Waals surface area contributed by atoms with Gasteiger partial charge in [0.1, 0.15) is 0 Å². The molecule has 0 unspecified atom stereocenters. The Morgan fingerprint density at radius 3 is 2.74 bits per heavy atom. The van der Waals surface area contributed by atoms with Gasteiger partial charge in [-0.05, 0) is 18.2 Å². The van der Waals surface area contributed by atoms with Crippen LogP contribution in [0.2, 0.25) is 10.2 Å². The van der Waals surface area contributed by atoms with Gasteiger partial charge in [-0.15, -0.1) is 5.10 Å². The van der Waals surface area contributed by atoms with Crippen LogP contribution in [-0.2, 0) is 4.79 Å². The fraction of sp³-hybridized carbons (Fsp3) is 0. The van der Waals surface area contributed by atoms with Crippen LogP contribution in [0.5, 0.6) is 0 Å². The molecule has 0 aliphatic rings. The second-order valence-corrected chi connectivity index (χ2v) is 4.25. The molecule has 5 nitrogen and oxygen atoms in total. The number of hydrogen-bond donors (Lipinski definition) is 1. The molecular formula is C11H6Cl2FN3O2. The summed E-state index contributed by atoms with van der Waals surface area (Å²) in [5, 5.41) is 15.9. The zero-order valence-corrected chi connectivity index (χ0v) is 10.7. The highest BCUT2D eigenvalue weighted by Gasteiger charge is 2.13. The molecule has 0 atom stereocenters. The van der Waals surface area contributed by atoms with Crippen LogP contribution in [0.4, 0.5) is 4.39 Å². The molecule has 19 heavy (non-hydrogen) atoms. The summed E-state index contributed by atoms with van der Waals surface area (Å²) in [6, 6.07) is 2.82. The second kappa shape index (κ2) is 5.38. The SMILES string of the molecule is O=C(O)/C=C/c1c(-n2cc(Cl)nn2)ccc(Cl)c1F. The number of aromatic nitrogens is 3. The number of carboxylic acids is 1. The van der Waals surface area contributed by atoms with Crippen molar-refractivity contribution in [3.63, 3.8) is 0 Å². The Morgan fingerprint density at radius 1 is 1.42 bits per heavy atom. The molecule has 1 aromatic carbocycles.